The van der Waals surface area contributed by atoms with Crippen LogP contribution in [-0.2, 0) is 30.7 Å². The van der Waals surface area contributed by atoms with Crippen molar-refractivity contribution in [3.05, 3.63) is 41.7 Å². The highest BCUT2D eigenvalue weighted by Gasteiger charge is 2.15. The van der Waals surface area contributed by atoms with E-state index >= 15 is 0 Å². The van der Waals surface area contributed by atoms with Crippen LogP contribution in [0.5, 0.6) is 0 Å². The highest BCUT2D eigenvalue weighted by molar-refractivity contribution is 5.77. The van der Waals surface area contributed by atoms with Crippen molar-refractivity contribution in [3.8, 4) is 0 Å². The molecule has 4 rings (SSSR count). The number of hydrogen-bond donors (Lipinski definition) is 2. The molecular formula is C18H22N6O. The number of para-hydroxylation sites is 2. The number of amides is 1. The lowest BCUT2D eigenvalue weighted by Crippen LogP contribution is -2.25. The van der Waals surface area contributed by atoms with Gasteiger partial charge in [-0.2, -0.15) is 0 Å². The number of H-pyrrole nitrogens is 1. The molecule has 1 amide bonds. The number of aromatic nitrogens is 5. The molecule has 0 radical (unpaired) electrons. The van der Waals surface area contributed by atoms with Crippen molar-refractivity contribution in [2.75, 3.05) is 0 Å². The van der Waals surface area contributed by atoms with E-state index in [1.165, 1.54) is 12.8 Å². The number of imidazole rings is 1. The second-order valence-corrected chi connectivity index (χ2v) is 6.47. The fraction of sp³-hybridized carbons (Fsp3) is 0.444. The molecule has 1 aliphatic heterocycles. The lowest BCUT2D eigenvalue weighted by atomic mass is 10.2. The molecule has 130 valence electrons. The molecule has 0 saturated carbocycles. The number of nitrogens with one attached hydrogen (secondary N) is 2. The quantitative estimate of drug-likeness (QED) is 0.746. The first-order chi connectivity index (χ1) is 12.3. The maximum Gasteiger partial charge on any atom is 0.220 e. The van der Waals surface area contributed by atoms with Gasteiger partial charge in [-0.05, 0) is 25.0 Å². The molecule has 7 nitrogen and oxygen atoms in total. The van der Waals surface area contributed by atoms with Crippen molar-refractivity contribution >= 4 is 16.9 Å². The van der Waals surface area contributed by atoms with Crippen LogP contribution in [0.15, 0.2) is 24.3 Å². The molecule has 7 heteroatoms. The summed E-state index contributed by atoms with van der Waals surface area (Å²) >= 11 is 0. The van der Waals surface area contributed by atoms with Crippen LogP contribution in [0.25, 0.3) is 11.0 Å². The number of hydrogen-bond acceptors (Lipinski definition) is 4. The predicted octanol–water partition coefficient (Wildman–Crippen LogP) is 2.13. The van der Waals surface area contributed by atoms with Crippen molar-refractivity contribution < 1.29 is 4.79 Å². The number of nitrogens with zero attached hydrogens (tertiary/aromatic N) is 4. The summed E-state index contributed by atoms with van der Waals surface area (Å²) in [5, 5.41) is 11.5. The van der Waals surface area contributed by atoms with Crippen LogP contribution in [0.2, 0.25) is 0 Å². The summed E-state index contributed by atoms with van der Waals surface area (Å²) < 4.78 is 2.16. The predicted molar refractivity (Wildman–Crippen MR) is 93.8 cm³/mol. The highest BCUT2D eigenvalue weighted by Crippen LogP contribution is 2.14. The van der Waals surface area contributed by atoms with E-state index in [1.54, 1.807) is 0 Å². The Kier molecular flexibility index (Phi) is 4.45. The summed E-state index contributed by atoms with van der Waals surface area (Å²) in [6.45, 7) is 1.39. The van der Waals surface area contributed by atoms with Crippen LogP contribution < -0.4 is 5.32 Å². The second kappa shape index (κ2) is 7.04. The van der Waals surface area contributed by atoms with E-state index in [2.05, 4.69) is 30.0 Å². The van der Waals surface area contributed by atoms with Crippen molar-refractivity contribution in [1.82, 2.24) is 30.0 Å². The smallest absolute Gasteiger partial charge is 0.220 e. The van der Waals surface area contributed by atoms with Gasteiger partial charge in [0.15, 0.2) is 5.82 Å². The molecule has 1 aromatic carbocycles. The number of aromatic amines is 1. The summed E-state index contributed by atoms with van der Waals surface area (Å²) in [6.07, 6.45) is 5.53. The summed E-state index contributed by atoms with van der Waals surface area (Å²) in [5.41, 5.74) is 1.94. The third-order valence-electron chi connectivity index (χ3n) is 4.66. The molecule has 1 aliphatic rings. The average molecular weight is 338 g/mol. The molecule has 0 saturated heterocycles. The number of fused-ring (bicyclic) bond motifs is 2. The Balaban J connectivity index is 1.31. The van der Waals surface area contributed by atoms with Gasteiger partial charge in [0.25, 0.3) is 0 Å². The molecule has 0 unspecified atom stereocenters. The third-order valence-corrected chi connectivity index (χ3v) is 4.66. The normalized spacial score (nSPS) is 14.2. The molecule has 0 fully saturated rings. The first-order valence-electron chi connectivity index (χ1n) is 8.91. The monoisotopic (exact) mass is 338 g/mol. The molecule has 0 aliphatic carbocycles. The minimum absolute atomic E-state index is 0.00595. The van der Waals surface area contributed by atoms with Gasteiger partial charge >= 0.3 is 0 Å². The summed E-state index contributed by atoms with van der Waals surface area (Å²) in [5.74, 6) is 2.75. The Hall–Kier alpha value is -2.70. The number of aryl methyl sites for hydroxylation is 2. The number of carbonyl (C=O) groups is 1. The van der Waals surface area contributed by atoms with E-state index in [9.17, 15) is 4.79 Å². The molecule has 0 atom stereocenters. The summed E-state index contributed by atoms with van der Waals surface area (Å²) in [6, 6.07) is 7.88. The number of benzene rings is 1. The molecule has 3 aromatic rings. The van der Waals surface area contributed by atoms with Gasteiger partial charge in [0.1, 0.15) is 11.6 Å². The molecule has 2 aromatic heterocycles. The zero-order valence-corrected chi connectivity index (χ0v) is 14.2. The number of carbonyl (C=O) groups excluding carboxylic acids is 1. The zero-order valence-electron chi connectivity index (χ0n) is 14.2. The third kappa shape index (κ3) is 3.55. The Bertz CT molecular complexity index is 848. The van der Waals surface area contributed by atoms with Gasteiger partial charge in [-0.3, -0.25) is 4.79 Å². The maximum absolute atomic E-state index is 12.2. The largest absolute Gasteiger partial charge is 0.349 e. The Morgan fingerprint density at radius 3 is 3.04 bits per heavy atom. The van der Waals surface area contributed by atoms with Gasteiger partial charge < -0.3 is 14.9 Å². The van der Waals surface area contributed by atoms with E-state index in [0.29, 0.717) is 19.4 Å². The minimum Gasteiger partial charge on any atom is -0.349 e. The van der Waals surface area contributed by atoms with Gasteiger partial charge in [-0.25, -0.2) is 4.98 Å². The first-order valence-corrected chi connectivity index (χ1v) is 8.91. The van der Waals surface area contributed by atoms with Crippen LogP contribution in [0.4, 0.5) is 0 Å². The fourth-order valence-corrected chi connectivity index (χ4v) is 3.30. The van der Waals surface area contributed by atoms with Crippen molar-refractivity contribution in [1.29, 1.82) is 0 Å². The Labute approximate surface area is 145 Å². The lowest BCUT2D eigenvalue weighted by molar-refractivity contribution is -0.121. The van der Waals surface area contributed by atoms with E-state index in [0.717, 1.165) is 47.9 Å². The maximum atomic E-state index is 12.2. The van der Waals surface area contributed by atoms with Gasteiger partial charge in [-0.1, -0.05) is 18.6 Å². The summed E-state index contributed by atoms with van der Waals surface area (Å²) in [4.78, 5) is 19.9. The molecule has 0 spiro atoms. The van der Waals surface area contributed by atoms with Gasteiger partial charge in [0, 0.05) is 25.8 Å². The summed E-state index contributed by atoms with van der Waals surface area (Å²) in [7, 11) is 0. The van der Waals surface area contributed by atoms with E-state index < -0.39 is 0 Å². The zero-order chi connectivity index (χ0) is 17.1. The molecule has 0 bridgehead atoms. The van der Waals surface area contributed by atoms with E-state index in [-0.39, 0.29) is 5.91 Å². The van der Waals surface area contributed by atoms with Gasteiger partial charge in [-0.15, -0.1) is 10.2 Å². The number of rotatable bonds is 5. The topological polar surface area (TPSA) is 88.5 Å². The van der Waals surface area contributed by atoms with Gasteiger partial charge in [0.2, 0.25) is 5.91 Å². The minimum atomic E-state index is 0.00595. The van der Waals surface area contributed by atoms with Crippen LogP contribution in [0.1, 0.15) is 43.2 Å². The molecule has 25 heavy (non-hydrogen) atoms. The first kappa shape index (κ1) is 15.8. The molecular weight excluding hydrogens is 316 g/mol. The van der Waals surface area contributed by atoms with E-state index in [4.69, 9.17) is 0 Å². The van der Waals surface area contributed by atoms with Crippen LogP contribution in [0, 0.1) is 0 Å². The SMILES string of the molecule is O=C(CCc1nc2ccccc2[nH]1)NCc1nnc2n1CCCCC2. The molecule has 3 heterocycles. The van der Waals surface area contributed by atoms with Gasteiger partial charge in [0.05, 0.1) is 17.6 Å². The van der Waals surface area contributed by atoms with Crippen LogP contribution in [-0.4, -0.2) is 30.6 Å². The van der Waals surface area contributed by atoms with E-state index in [1.807, 2.05) is 24.3 Å². The fourth-order valence-electron chi connectivity index (χ4n) is 3.30. The second-order valence-electron chi connectivity index (χ2n) is 6.47. The van der Waals surface area contributed by atoms with Crippen molar-refractivity contribution in [2.45, 2.75) is 51.6 Å². The Morgan fingerprint density at radius 1 is 1.20 bits per heavy atom. The molecule has 2 N–H and O–H groups in total. The average Bonchev–Trinajstić information content (AvgIpc) is 3.14. The highest BCUT2D eigenvalue weighted by atomic mass is 16.1. The van der Waals surface area contributed by atoms with Crippen LogP contribution >= 0.6 is 0 Å². The van der Waals surface area contributed by atoms with Crippen LogP contribution in [0.3, 0.4) is 0 Å². The Morgan fingerprint density at radius 2 is 2.12 bits per heavy atom. The van der Waals surface area contributed by atoms with Crippen molar-refractivity contribution in [2.24, 2.45) is 0 Å². The van der Waals surface area contributed by atoms with Crippen molar-refractivity contribution in [3.63, 3.8) is 0 Å². The standard InChI is InChI=1S/C18H22N6O/c25-18(10-9-15-20-13-6-3-4-7-14(13)21-15)19-12-17-23-22-16-8-2-1-5-11-24(16)17/h3-4,6-7H,1-2,5,8-12H2,(H,19,25)(H,20,21). The lowest BCUT2D eigenvalue weighted by Gasteiger charge is -2.08.